The number of amides is 1. The highest BCUT2D eigenvalue weighted by molar-refractivity contribution is 6.11. The Bertz CT molecular complexity index is 1580. The largest absolute Gasteiger partial charge is 0.506 e. The third kappa shape index (κ3) is 4.10. The van der Waals surface area contributed by atoms with E-state index in [0.717, 1.165) is 5.56 Å². The number of Topliss-reactive ketones (excluding diaryl/α,β-unsaturated/α-hetero) is 2. The number of aliphatic hydroxyl groups excluding tert-OH is 2. The summed E-state index contributed by atoms with van der Waals surface area (Å²) in [5.41, 5.74) is 2.02. The van der Waals surface area contributed by atoms with E-state index >= 15 is 0 Å². The summed E-state index contributed by atoms with van der Waals surface area (Å²) in [7, 11) is 0. The lowest BCUT2D eigenvalue weighted by atomic mass is 9.39. The number of carboxylic acid groups (broad SMARTS) is 1. The number of aromatic hydroxyl groups is 1. The molecule has 2 unspecified atom stereocenters. The van der Waals surface area contributed by atoms with Crippen LogP contribution in [0.3, 0.4) is 0 Å². The summed E-state index contributed by atoms with van der Waals surface area (Å²) < 4.78 is 0. The molecule has 2 aromatic rings. The fourth-order valence-corrected chi connectivity index (χ4v) is 9.07. The highest BCUT2D eigenvalue weighted by Gasteiger charge is 2.76. The monoisotopic (exact) mass is 607 g/mol. The van der Waals surface area contributed by atoms with Crippen LogP contribution >= 0.6 is 0 Å². The van der Waals surface area contributed by atoms with Gasteiger partial charge in [-0.2, -0.15) is 0 Å². The highest BCUT2D eigenvalue weighted by atomic mass is 16.4. The molecule has 2 saturated carbocycles. The molecule has 5 rings (SSSR count). The number of fused-ring (bicyclic) bond motifs is 3. The molecule has 0 bridgehead atoms. The van der Waals surface area contributed by atoms with Gasteiger partial charge in [0.25, 0.3) is 0 Å². The van der Waals surface area contributed by atoms with Crippen LogP contribution < -0.4 is 5.73 Å². The van der Waals surface area contributed by atoms with Crippen LogP contribution in [0.15, 0.2) is 30.3 Å². The van der Waals surface area contributed by atoms with Crippen LogP contribution in [0.4, 0.5) is 0 Å². The van der Waals surface area contributed by atoms with Gasteiger partial charge in [0, 0.05) is 5.41 Å². The van der Waals surface area contributed by atoms with Crippen molar-refractivity contribution in [3.05, 3.63) is 52.6 Å². The lowest BCUT2D eigenvalue weighted by Crippen LogP contribution is -2.79. The van der Waals surface area contributed by atoms with Crippen LogP contribution in [0, 0.1) is 34.5 Å². The highest BCUT2D eigenvalue weighted by Crippen LogP contribution is 2.66. The Balaban J connectivity index is 1.77. The molecule has 44 heavy (non-hydrogen) atoms. The molecule has 3 aliphatic carbocycles. The Morgan fingerprint density at radius 1 is 1.02 bits per heavy atom. The van der Waals surface area contributed by atoms with E-state index in [1.54, 1.807) is 27.7 Å². The van der Waals surface area contributed by atoms with Gasteiger partial charge in [0.1, 0.15) is 23.3 Å². The zero-order valence-corrected chi connectivity index (χ0v) is 25.8. The molecular formula is C34H41NO9. The Kier molecular flexibility index (Phi) is 7.39. The molecule has 10 nitrogen and oxygen atoms in total. The lowest BCUT2D eigenvalue weighted by Gasteiger charge is -2.66. The Labute approximate surface area is 255 Å². The quantitative estimate of drug-likeness (QED) is 0.277. The molecule has 1 amide bonds. The summed E-state index contributed by atoms with van der Waals surface area (Å²) in [6.07, 6.45) is -3.49. The molecular weight excluding hydrogens is 566 g/mol. The van der Waals surface area contributed by atoms with Gasteiger partial charge in [0.15, 0.2) is 17.2 Å². The first-order chi connectivity index (χ1) is 20.3. The molecule has 0 aliphatic heterocycles. The SMILES string of the molecule is CC(C)c1ccc(-c2cc(C(=O)O)c(O)c3c2C[C@]2(C)C[C@]4(C)[C@@H](C(C)C)C(O)[C@@H](C(N)=O)C(=O)[C@]4(O)C(O)[C@H]2C3=O)cc1. The van der Waals surface area contributed by atoms with Gasteiger partial charge in [0.2, 0.25) is 5.91 Å². The standard InChI is InChI=1S/C34H41NO9/c1-14(2)16-7-9-17(10-8-16)18-11-19(31(42)43)25(36)21-20(18)12-32(5)13-33(6)23(15(3)4)27(38)22(30(35)41)28(39)34(33,44)29(40)24(32)26(21)37/h7-11,14-15,22-24,27,29,36,38,40,44H,12-13H2,1-6H3,(H2,35,41)(H,42,43)/t22-,23+,24-,27?,29?,32-,33-,34+/m1/s1. The molecule has 0 spiro atoms. The third-order valence-corrected chi connectivity index (χ3v) is 10.9. The molecule has 0 saturated heterocycles. The Morgan fingerprint density at radius 2 is 1.61 bits per heavy atom. The fourth-order valence-electron chi connectivity index (χ4n) is 9.07. The van der Waals surface area contributed by atoms with Crippen molar-refractivity contribution >= 4 is 23.4 Å². The van der Waals surface area contributed by atoms with Crippen LogP contribution in [0.1, 0.15) is 85.7 Å². The summed E-state index contributed by atoms with van der Waals surface area (Å²) in [5, 5.41) is 56.7. The van der Waals surface area contributed by atoms with Gasteiger partial charge in [-0.1, -0.05) is 65.8 Å². The van der Waals surface area contributed by atoms with Crippen molar-refractivity contribution < 1.29 is 44.7 Å². The first-order valence-corrected chi connectivity index (χ1v) is 15.0. The van der Waals surface area contributed by atoms with Crippen molar-refractivity contribution in [2.75, 3.05) is 0 Å². The fraction of sp³-hybridized carbons (Fsp3) is 0.529. The summed E-state index contributed by atoms with van der Waals surface area (Å²) in [6.45, 7) is 11.0. The van der Waals surface area contributed by atoms with Gasteiger partial charge in [-0.25, -0.2) is 4.79 Å². The second-order valence-electron chi connectivity index (χ2n) is 14.2. The number of carbonyl (C=O) groups is 4. The van der Waals surface area contributed by atoms with E-state index in [9.17, 15) is 44.7 Å². The number of primary amides is 1. The van der Waals surface area contributed by atoms with Crippen molar-refractivity contribution in [3.63, 3.8) is 0 Å². The predicted molar refractivity (Wildman–Crippen MR) is 160 cm³/mol. The maximum atomic E-state index is 14.4. The summed E-state index contributed by atoms with van der Waals surface area (Å²) in [5.74, 6) is -9.57. The van der Waals surface area contributed by atoms with Gasteiger partial charge >= 0.3 is 5.97 Å². The number of aliphatic hydroxyl groups is 3. The normalized spacial score (nSPS) is 34.8. The molecule has 2 fully saturated rings. The van der Waals surface area contributed by atoms with Crippen LogP contribution in [-0.4, -0.2) is 66.8 Å². The van der Waals surface area contributed by atoms with Gasteiger partial charge < -0.3 is 31.3 Å². The minimum absolute atomic E-state index is 0.00624. The average Bonchev–Trinajstić information content (AvgIpc) is 2.90. The molecule has 236 valence electrons. The number of carbonyl (C=O) groups excluding carboxylic acids is 3. The van der Waals surface area contributed by atoms with Crippen LogP contribution in [0.5, 0.6) is 5.75 Å². The van der Waals surface area contributed by atoms with Gasteiger partial charge in [-0.15, -0.1) is 0 Å². The maximum absolute atomic E-state index is 14.4. The van der Waals surface area contributed by atoms with E-state index in [0.29, 0.717) is 16.7 Å². The second kappa shape index (κ2) is 10.2. The van der Waals surface area contributed by atoms with Crippen molar-refractivity contribution in [1.82, 2.24) is 0 Å². The molecule has 0 aromatic heterocycles. The van der Waals surface area contributed by atoms with Crippen molar-refractivity contribution in [2.45, 2.75) is 78.1 Å². The van der Waals surface area contributed by atoms with Gasteiger partial charge in [-0.05, 0) is 64.3 Å². The Hall–Kier alpha value is -3.60. The predicted octanol–water partition coefficient (Wildman–Crippen LogP) is 3.06. The molecule has 10 heteroatoms. The smallest absolute Gasteiger partial charge is 0.339 e. The summed E-state index contributed by atoms with van der Waals surface area (Å²) in [4.78, 5) is 52.9. The molecule has 8 atom stereocenters. The van der Waals surface area contributed by atoms with E-state index in [1.807, 2.05) is 38.1 Å². The van der Waals surface area contributed by atoms with E-state index in [-0.39, 0.29) is 30.2 Å². The summed E-state index contributed by atoms with van der Waals surface area (Å²) >= 11 is 0. The third-order valence-electron chi connectivity index (χ3n) is 10.9. The van der Waals surface area contributed by atoms with E-state index in [1.165, 1.54) is 6.07 Å². The van der Waals surface area contributed by atoms with Crippen molar-refractivity contribution in [3.8, 4) is 16.9 Å². The van der Waals surface area contributed by atoms with Gasteiger partial charge in [0.05, 0.1) is 17.6 Å². The zero-order valence-electron chi connectivity index (χ0n) is 25.8. The topological polar surface area (TPSA) is 195 Å². The number of hydrogen-bond donors (Lipinski definition) is 6. The number of phenols is 1. The minimum Gasteiger partial charge on any atom is -0.506 e. The van der Waals surface area contributed by atoms with Crippen LogP contribution in [0.25, 0.3) is 11.1 Å². The molecule has 0 heterocycles. The molecule has 7 N–H and O–H groups in total. The molecule has 2 aromatic carbocycles. The van der Waals surface area contributed by atoms with Crippen molar-refractivity contribution in [2.24, 2.45) is 40.2 Å². The van der Waals surface area contributed by atoms with Crippen LogP contribution in [0.2, 0.25) is 0 Å². The number of ketones is 2. The number of benzene rings is 2. The summed E-state index contributed by atoms with van der Waals surface area (Å²) in [6, 6.07) is 8.83. The number of nitrogens with two attached hydrogens (primary N) is 1. The van der Waals surface area contributed by atoms with E-state index in [4.69, 9.17) is 5.73 Å². The minimum atomic E-state index is -2.65. The number of aromatic carboxylic acids is 1. The second-order valence-corrected chi connectivity index (χ2v) is 14.2. The number of carboxylic acids is 1. The molecule has 0 radical (unpaired) electrons. The van der Waals surface area contributed by atoms with Crippen LogP contribution in [-0.2, 0) is 16.0 Å². The number of hydrogen-bond acceptors (Lipinski definition) is 8. The average molecular weight is 608 g/mol. The van der Waals surface area contributed by atoms with E-state index in [2.05, 4.69) is 0 Å². The Morgan fingerprint density at radius 3 is 2.11 bits per heavy atom. The lowest BCUT2D eigenvalue weighted by molar-refractivity contribution is -0.265. The molecule has 3 aliphatic rings. The van der Waals surface area contributed by atoms with Crippen molar-refractivity contribution in [1.29, 1.82) is 0 Å². The zero-order chi connectivity index (χ0) is 32.8. The first kappa shape index (κ1) is 31.8. The number of rotatable bonds is 5. The van der Waals surface area contributed by atoms with E-state index < -0.39 is 81.1 Å². The first-order valence-electron chi connectivity index (χ1n) is 15.0. The van der Waals surface area contributed by atoms with Gasteiger partial charge in [-0.3, -0.25) is 14.4 Å². The maximum Gasteiger partial charge on any atom is 0.339 e.